The van der Waals surface area contributed by atoms with Gasteiger partial charge in [-0.3, -0.25) is 4.79 Å². The number of carbonyl (C=O) groups excluding carboxylic acids is 1. The van der Waals surface area contributed by atoms with Gasteiger partial charge in [0.25, 0.3) is 0 Å². The highest BCUT2D eigenvalue weighted by molar-refractivity contribution is 6.30. The van der Waals surface area contributed by atoms with E-state index in [9.17, 15) is 4.79 Å². The average molecular weight is 309 g/mol. The summed E-state index contributed by atoms with van der Waals surface area (Å²) in [7, 11) is 0. The maximum absolute atomic E-state index is 11.9. The van der Waals surface area contributed by atoms with Gasteiger partial charge in [-0.15, -0.1) is 0 Å². The van der Waals surface area contributed by atoms with Crippen molar-refractivity contribution >= 4 is 17.5 Å². The lowest BCUT2D eigenvalue weighted by Crippen LogP contribution is -2.51. The average Bonchev–Trinajstić information content (AvgIpc) is 2.40. The number of amides is 1. The monoisotopic (exact) mass is 308 g/mol. The molecule has 1 saturated carbocycles. The van der Waals surface area contributed by atoms with Crippen LogP contribution in [0.4, 0.5) is 0 Å². The third-order valence-electron chi connectivity index (χ3n) is 4.04. The van der Waals surface area contributed by atoms with Crippen molar-refractivity contribution in [3.8, 4) is 0 Å². The summed E-state index contributed by atoms with van der Waals surface area (Å²) < 4.78 is 0. The molecule has 4 heteroatoms. The van der Waals surface area contributed by atoms with Crippen molar-refractivity contribution in [3.63, 3.8) is 0 Å². The fourth-order valence-corrected chi connectivity index (χ4v) is 2.77. The van der Waals surface area contributed by atoms with Gasteiger partial charge in [0.15, 0.2) is 0 Å². The van der Waals surface area contributed by atoms with E-state index in [1.54, 1.807) is 0 Å². The molecule has 1 aromatic carbocycles. The molecule has 1 aliphatic carbocycles. The minimum atomic E-state index is -0.125. The maximum Gasteiger partial charge on any atom is 0.236 e. The first-order chi connectivity index (χ1) is 9.95. The van der Waals surface area contributed by atoms with Gasteiger partial charge in [0.05, 0.1) is 6.04 Å². The summed E-state index contributed by atoms with van der Waals surface area (Å²) in [6.07, 6.45) is 2.17. The first-order valence-corrected chi connectivity index (χ1v) is 8.12. The van der Waals surface area contributed by atoms with E-state index in [4.69, 9.17) is 11.6 Å². The summed E-state index contributed by atoms with van der Waals surface area (Å²) in [5.41, 5.74) is 1.34. The van der Waals surface area contributed by atoms with Gasteiger partial charge in [0, 0.05) is 17.6 Å². The van der Waals surface area contributed by atoms with Crippen LogP contribution in [-0.2, 0) is 4.79 Å². The zero-order valence-electron chi connectivity index (χ0n) is 13.0. The number of hydrogen-bond acceptors (Lipinski definition) is 2. The molecule has 1 atom stereocenters. The van der Waals surface area contributed by atoms with Gasteiger partial charge in [0.1, 0.15) is 0 Å². The predicted octanol–water partition coefficient (Wildman–Crippen LogP) is 3.34. The molecule has 1 unspecified atom stereocenters. The van der Waals surface area contributed by atoms with Crippen LogP contribution in [0.15, 0.2) is 24.3 Å². The van der Waals surface area contributed by atoms with Crippen LogP contribution in [0.25, 0.3) is 0 Å². The van der Waals surface area contributed by atoms with Crippen molar-refractivity contribution in [3.05, 3.63) is 34.9 Å². The van der Waals surface area contributed by atoms with Crippen molar-refractivity contribution in [2.24, 2.45) is 5.92 Å². The van der Waals surface area contributed by atoms with E-state index in [1.807, 2.05) is 19.1 Å². The number of rotatable bonds is 6. The number of halogens is 1. The van der Waals surface area contributed by atoms with Crippen LogP contribution in [0.1, 0.15) is 45.1 Å². The van der Waals surface area contributed by atoms with E-state index in [0.717, 1.165) is 24.4 Å². The minimum absolute atomic E-state index is 0.0960. The van der Waals surface area contributed by atoms with E-state index < -0.39 is 0 Å². The Morgan fingerprint density at radius 2 is 1.86 bits per heavy atom. The van der Waals surface area contributed by atoms with Crippen LogP contribution >= 0.6 is 11.6 Å². The van der Waals surface area contributed by atoms with E-state index in [0.29, 0.717) is 17.9 Å². The summed E-state index contributed by atoms with van der Waals surface area (Å²) in [6, 6.07) is 8.40. The Morgan fingerprint density at radius 3 is 2.43 bits per heavy atom. The van der Waals surface area contributed by atoms with Gasteiger partial charge in [-0.2, -0.15) is 0 Å². The van der Waals surface area contributed by atoms with Crippen LogP contribution in [-0.4, -0.2) is 24.5 Å². The molecule has 0 aliphatic heterocycles. The van der Waals surface area contributed by atoms with Crippen molar-refractivity contribution in [2.45, 2.75) is 51.6 Å². The van der Waals surface area contributed by atoms with Gasteiger partial charge in [0.2, 0.25) is 5.91 Å². The normalized spacial score (nSPS) is 22.7. The van der Waals surface area contributed by atoms with E-state index in [-0.39, 0.29) is 11.9 Å². The molecule has 1 fully saturated rings. The minimum Gasteiger partial charge on any atom is -0.354 e. The van der Waals surface area contributed by atoms with Crippen LogP contribution in [0.3, 0.4) is 0 Å². The molecule has 1 amide bonds. The Labute approximate surface area is 132 Å². The molecule has 1 aliphatic rings. The first kappa shape index (κ1) is 16.3. The van der Waals surface area contributed by atoms with Gasteiger partial charge in [-0.05, 0) is 49.3 Å². The summed E-state index contributed by atoms with van der Waals surface area (Å²) in [5, 5.41) is 7.16. The van der Waals surface area contributed by atoms with Crippen molar-refractivity contribution in [1.29, 1.82) is 0 Å². The maximum atomic E-state index is 11.9. The van der Waals surface area contributed by atoms with Crippen molar-refractivity contribution < 1.29 is 4.79 Å². The summed E-state index contributed by atoms with van der Waals surface area (Å²) in [6.45, 7) is 6.87. The quantitative estimate of drug-likeness (QED) is 0.846. The highest BCUT2D eigenvalue weighted by Crippen LogP contribution is 2.37. The molecular weight excluding hydrogens is 284 g/mol. The molecule has 0 bridgehead atoms. The standard InChI is InChI=1S/C17H25ClN2O/c1-11(2)10-19-17(21)12(3)20-16-8-14(9-16)13-4-6-15(18)7-5-13/h4-7,11-12,14,16,20H,8-10H2,1-3H3,(H,19,21). The molecule has 2 rings (SSSR count). The van der Waals surface area contributed by atoms with Crippen molar-refractivity contribution in [1.82, 2.24) is 10.6 Å². The lowest BCUT2D eigenvalue weighted by atomic mass is 9.75. The Hall–Kier alpha value is -1.06. The molecule has 116 valence electrons. The Bertz CT molecular complexity index is 466. The van der Waals surface area contributed by atoms with Crippen LogP contribution in [0, 0.1) is 5.92 Å². The van der Waals surface area contributed by atoms with E-state index >= 15 is 0 Å². The molecule has 0 spiro atoms. The molecule has 21 heavy (non-hydrogen) atoms. The molecule has 0 saturated heterocycles. The molecule has 0 heterocycles. The second kappa shape index (κ2) is 7.28. The van der Waals surface area contributed by atoms with Crippen LogP contribution in [0.2, 0.25) is 5.02 Å². The van der Waals surface area contributed by atoms with Crippen LogP contribution in [0.5, 0.6) is 0 Å². The van der Waals surface area contributed by atoms with E-state index in [2.05, 4.69) is 36.6 Å². The highest BCUT2D eigenvalue weighted by atomic mass is 35.5. The third-order valence-corrected chi connectivity index (χ3v) is 4.29. The number of hydrogen-bond donors (Lipinski definition) is 2. The number of benzene rings is 1. The molecule has 1 aromatic rings. The fraction of sp³-hybridized carbons (Fsp3) is 0.588. The van der Waals surface area contributed by atoms with Gasteiger partial charge < -0.3 is 10.6 Å². The summed E-state index contributed by atoms with van der Waals surface area (Å²) in [4.78, 5) is 11.9. The topological polar surface area (TPSA) is 41.1 Å². The molecule has 2 N–H and O–H groups in total. The number of nitrogens with one attached hydrogen (secondary N) is 2. The second-order valence-electron chi connectivity index (χ2n) is 6.44. The molecule has 0 radical (unpaired) electrons. The van der Waals surface area contributed by atoms with Crippen LogP contribution < -0.4 is 10.6 Å². The van der Waals surface area contributed by atoms with Gasteiger partial charge >= 0.3 is 0 Å². The van der Waals surface area contributed by atoms with E-state index in [1.165, 1.54) is 5.56 Å². The summed E-state index contributed by atoms with van der Waals surface area (Å²) >= 11 is 5.90. The molecule has 0 aromatic heterocycles. The molecule has 3 nitrogen and oxygen atoms in total. The first-order valence-electron chi connectivity index (χ1n) is 7.75. The number of carbonyl (C=O) groups is 1. The SMILES string of the molecule is CC(C)CNC(=O)C(C)NC1CC(c2ccc(Cl)cc2)C1. The second-order valence-corrected chi connectivity index (χ2v) is 6.88. The van der Waals surface area contributed by atoms with Gasteiger partial charge in [-0.25, -0.2) is 0 Å². The van der Waals surface area contributed by atoms with Gasteiger partial charge in [-0.1, -0.05) is 37.6 Å². The molecular formula is C17H25ClN2O. The van der Waals surface area contributed by atoms with Crippen molar-refractivity contribution in [2.75, 3.05) is 6.54 Å². The Balaban J connectivity index is 1.72. The Kier molecular flexibility index (Phi) is 5.65. The lowest BCUT2D eigenvalue weighted by molar-refractivity contribution is -0.123. The summed E-state index contributed by atoms with van der Waals surface area (Å²) in [5.74, 6) is 1.17. The highest BCUT2D eigenvalue weighted by Gasteiger charge is 2.31. The zero-order chi connectivity index (χ0) is 15.4. The predicted molar refractivity (Wildman–Crippen MR) is 87.7 cm³/mol. The lowest BCUT2D eigenvalue weighted by Gasteiger charge is -2.38. The largest absolute Gasteiger partial charge is 0.354 e. The fourth-order valence-electron chi connectivity index (χ4n) is 2.65. The third kappa shape index (κ3) is 4.72. The Morgan fingerprint density at radius 1 is 1.24 bits per heavy atom. The smallest absolute Gasteiger partial charge is 0.236 e. The zero-order valence-corrected chi connectivity index (χ0v) is 13.8.